The highest BCUT2D eigenvalue weighted by Crippen LogP contribution is 2.59. The highest BCUT2D eigenvalue weighted by atomic mass is 16.5. The van der Waals surface area contributed by atoms with Gasteiger partial charge in [0.25, 0.3) is 0 Å². The predicted molar refractivity (Wildman–Crippen MR) is 313 cm³/mol. The van der Waals surface area contributed by atoms with Crippen molar-refractivity contribution in [3.63, 3.8) is 0 Å². The lowest BCUT2D eigenvalue weighted by atomic mass is 9.99. The first-order valence-corrected chi connectivity index (χ1v) is 26.2. The van der Waals surface area contributed by atoms with E-state index in [9.17, 15) is 0 Å². The Morgan fingerprint density at radius 1 is 0.275 bits per heavy atom. The summed E-state index contributed by atoms with van der Waals surface area (Å²) in [6, 6.07) is 75.5. The summed E-state index contributed by atoms with van der Waals surface area (Å²) in [5.41, 5.74) is 14.6. The Labute approximate surface area is 456 Å². The minimum Gasteiger partial charge on any atom is -0.451 e. The maximum Gasteiger partial charge on any atom is 0.164 e. The van der Waals surface area contributed by atoms with E-state index in [-0.39, 0.29) is 0 Å². The molecule has 0 saturated carbocycles. The van der Waals surface area contributed by atoms with Gasteiger partial charge in [-0.05, 0) is 133 Å². The number of imidazole rings is 4. The van der Waals surface area contributed by atoms with Gasteiger partial charge in [-0.15, -0.1) is 0 Å². The molecule has 0 aliphatic carbocycles. The molecule has 0 fully saturated rings. The van der Waals surface area contributed by atoms with Crippen LogP contribution in [-0.2, 0) is 0 Å². The van der Waals surface area contributed by atoms with Crippen LogP contribution in [-0.4, -0.2) is 58.1 Å². The molecule has 0 radical (unpaired) electrons. The molecular weight excluding hydrogens is 991 g/mol. The summed E-state index contributed by atoms with van der Waals surface area (Å²) in [5.74, 6) is 3.68. The minimum absolute atomic E-state index is 0.549. The van der Waals surface area contributed by atoms with Gasteiger partial charge < -0.3 is 9.64 Å². The van der Waals surface area contributed by atoms with Gasteiger partial charge in [-0.25, -0.2) is 39.9 Å². The fourth-order valence-electron chi connectivity index (χ4n) is 11.1. The van der Waals surface area contributed by atoms with Gasteiger partial charge in [0.15, 0.2) is 45.7 Å². The van der Waals surface area contributed by atoms with Crippen LogP contribution in [0.1, 0.15) is 0 Å². The zero-order valence-corrected chi connectivity index (χ0v) is 42.4. The Kier molecular flexibility index (Phi) is 10.2. The predicted octanol–water partition coefficient (Wildman–Crippen LogP) is 14.9. The van der Waals surface area contributed by atoms with Gasteiger partial charge in [0.05, 0.1) is 22.5 Å². The van der Waals surface area contributed by atoms with Crippen LogP contribution in [0.15, 0.2) is 249 Å². The van der Waals surface area contributed by atoms with Gasteiger partial charge >= 0.3 is 0 Å². The Balaban J connectivity index is 1.06. The van der Waals surface area contributed by atoms with Gasteiger partial charge in [-0.2, -0.15) is 0 Å². The first-order chi connectivity index (χ1) is 39.7. The number of benzene rings is 7. The highest BCUT2D eigenvalue weighted by Gasteiger charge is 2.36. The monoisotopic (exact) mass is 1030 g/mol. The molecule has 0 N–H and O–H groups in total. The van der Waals surface area contributed by atoms with Crippen molar-refractivity contribution >= 4 is 61.7 Å². The molecule has 376 valence electrons. The molecule has 8 aromatic heterocycles. The smallest absolute Gasteiger partial charge is 0.164 e. The van der Waals surface area contributed by atoms with Crippen LogP contribution in [0.3, 0.4) is 0 Å². The van der Waals surface area contributed by atoms with Crippen molar-refractivity contribution in [1.82, 2.24) is 58.1 Å². The molecule has 14 heteroatoms. The first kappa shape index (κ1) is 44.9. The lowest BCUT2D eigenvalue weighted by Crippen LogP contribution is -2.18. The van der Waals surface area contributed by atoms with Crippen molar-refractivity contribution in [2.45, 2.75) is 0 Å². The third-order valence-corrected chi connectivity index (χ3v) is 14.6. The second kappa shape index (κ2) is 18.1. The molecule has 1 aliphatic heterocycles. The van der Waals surface area contributed by atoms with E-state index in [1.807, 2.05) is 140 Å². The fourth-order valence-corrected chi connectivity index (χ4v) is 11.1. The number of anilines is 3. The molecule has 7 aromatic carbocycles. The Morgan fingerprint density at radius 2 is 0.562 bits per heavy atom. The van der Waals surface area contributed by atoms with Crippen molar-refractivity contribution in [3.05, 3.63) is 249 Å². The van der Waals surface area contributed by atoms with Gasteiger partial charge in [-0.1, -0.05) is 91.0 Å². The third-order valence-electron chi connectivity index (χ3n) is 14.6. The Morgan fingerprint density at radius 3 is 0.887 bits per heavy atom. The summed E-state index contributed by atoms with van der Waals surface area (Å²) in [6.07, 6.45) is 7.22. The summed E-state index contributed by atoms with van der Waals surface area (Å²) in [5, 5.41) is 0. The topological polar surface area (TPSA) is 135 Å². The van der Waals surface area contributed by atoms with Crippen LogP contribution < -0.4 is 9.64 Å². The van der Waals surface area contributed by atoms with E-state index in [1.54, 1.807) is 12.4 Å². The lowest BCUT2D eigenvalue weighted by molar-refractivity contribution is 0.479. The molecule has 16 rings (SSSR count). The summed E-state index contributed by atoms with van der Waals surface area (Å²) in [4.78, 5) is 43.8. The van der Waals surface area contributed by atoms with E-state index in [0.29, 0.717) is 68.3 Å². The van der Waals surface area contributed by atoms with Crippen LogP contribution in [0.25, 0.3) is 113 Å². The number of ether oxygens (including phenoxy) is 1. The quantitative estimate of drug-likeness (QED) is 0.137. The summed E-state index contributed by atoms with van der Waals surface area (Å²) in [7, 11) is 0. The number of aromatic nitrogens is 12. The van der Waals surface area contributed by atoms with E-state index >= 15 is 0 Å². The molecule has 9 heterocycles. The van der Waals surface area contributed by atoms with Crippen molar-refractivity contribution in [2.24, 2.45) is 0 Å². The molecular formula is C66H41N13O. The molecule has 0 atom stereocenters. The van der Waals surface area contributed by atoms with Crippen molar-refractivity contribution in [2.75, 3.05) is 4.90 Å². The summed E-state index contributed by atoms with van der Waals surface area (Å²) in [6.45, 7) is 0. The molecule has 0 unspecified atom stereocenters. The largest absolute Gasteiger partial charge is 0.451 e. The van der Waals surface area contributed by atoms with Crippen LogP contribution in [0.4, 0.5) is 17.1 Å². The zero-order valence-electron chi connectivity index (χ0n) is 42.4. The number of rotatable bonds is 9. The van der Waals surface area contributed by atoms with Crippen LogP contribution >= 0.6 is 0 Å². The van der Waals surface area contributed by atoms with E-state index in [1.165, 1.54) is 0 Å². The average Bonchev–Trinajstić information content (AvgIpc) is 4.38. The Bertz CT molecular complexity index is 4570. The van der Waals surface area contributed by atoms with Gasteiger partial charge in [0.1, 0.15) is 33.7 Å². The van der Waals surface area contributed by atoms with Gasteiger partial charge in [0.2, 0.25) is 0 Å². The SMILES string of the molecule is c1ccc(N2c3cc(-c4nc5cccnc5n4-c4ccccc4)cc(-c4nc5cccnc5n4-c4ccccc4)c3Oc3c(-c4nc5cccnc5n4-c4ccccc4)cc(-c4nc5cccnc5n4-c4ccccc4)cc32)cc1. The van der Waals surface area contributed by atoms with E-state index in [2.05, 4.69) is 120 Å². The molecule has 0 amide bonds. The molecule has 0 bridgehead atoms. The standard InChI is InChI=1S/C66H41N13O/c1-6-20-44(21-7-1)75-55-40-42(59-71-51-30-16-34-67-63(51)76(59)45-22-8-2-9-23-45)38-49(61-73-53-32-18-36-69-65(53)78(61)47-26-12-4-13-27-47)57(55)80-58-50(62-74-54-33-19-37-70-66(54)79(62)48-28-14-5-15-29-48)39-43(41-56(58)75)60-72-52-31-17-35-68-64(52)77(60)46-24-10-3-11-25-46/h1-41H. The molecule has 0 spiro atoms. The Hall–Kier alpha value is -11.4. The van der Waals surface area contributed by atoms with Crippen LogP contribution in [0.2, 0.25) is 0 Å². The first-order valence-electron chi connectivity index (χ1n) is 26.2. The molecule has 0 saturated heterocycles. The normalized spacial score (nSPS) is 12.1. The number of hydrogen-bond acceptors (Lipinski definition) is 10. The maximum absolute atomic E-state index is 7.84. The zero-order chi connectivity index (χ0) is 52.7. The van der Waals surface area contributed by atoms with Crippen molar-refractivity contribution in [3.8, 4) is 79.8 Å². The number of nitrogens with zero attached hydrogens (tertiary/aromatic N) is 13. The van der Waals surface area contributed by atoms with Crippen LogP contribution in [0, 0.1) is 0 Å². The summed E-state index contributed by atoms with van der Waals surface area (Å²) < 4.78 is 16.3. The number of hydrogen-bond donors (Lipinski definition) is 0. The second-order valence-corrected chi connectivity index (χ2v) is 19.3. The molecule has 80 heavy (non-hydrogen) atoms. The lowest BCUT2D eigenvalue weighted by Gasteiger charge is -2.35. The number of para-hydroxylation sites is 5. The van der Waals surface area contributed by atoms with Gasteiger partial charge in [0, 0.05) is 64.4 Å². The van der Waals surface area contributed by atoms with Gasteiger partial charge in [-0.3, -0.25) is 18.3 Å². The van der Waals surface area contributed by atoms with Crippen molar-refractivity contribution < 1.29 is 4.74 Å². The molecule has 15 aromatic rings. The maximum atomic E-state index is 7.84. The van der Waals surface area contributed by atoms with E-state index in [4.69, 9.17) is 44.6 Å². The highest BCUT2D eigenvalue weighted by molar-refractivity contribution is 6.00. The van der Waals surface area contributed by atoms with Crippen molar-refractivity contribution in [1.29, 1.82) is 0 Å². The third kappa shape index (κ3) is 7.13. The molecule has 14 nitrogen and oxygen atoms in total. The second-order valence-electron chi connectivity index (χ2n) is 19.3. The number of pyridine rings is 4. The number of fused-ring (bicyclic) bond motifs is 6. The van der Waals surface area contributed by atoms with E-state index in [0.717, 1.165) is 73.3 Å². The fraction of sp³-hybridized carbons (Fsp3) is 0. The molecule has 1 aliphatic rings. The average molecular weight is 1030 g/mol. The van der Waals surface area contributed by atoms with Crippen LogP contribution in [0.5, 0.6) is 11.5 Å². The van der Waals surface area contributed by atoms with E-state index < -0.39 is 0 Å². The minimum atomic E-state index is 0.549. The summed E-state index contributed by atoms with van der Waals surface area (Å²) >= 11 is 0.